The van der Waals surface area contributed by atoms with E-state index < -0.39 is 11.7 Å². The van der Waals surface area contributed by atoms with Gasteiger partial charge in [-0.2, -0.15) is 10.1 Å². The van der Waals surface area contributed by atoms with Gasteiger partial charge in [0.2, 0.25) is 5.69 Å². The lowest BCUT2D eigenvalue weighted by Crippen LogP contribution is -2.47. The van der Waals surface area contributed by atoms with Crippen molar-refractivity contribution in [3.63, 3.8) is 0 Å². The highest BCUT2D eigenvalue weighted by Gasteiger charge is 2.47. The van der Waals surface area contributed by atoms with Crippen molar-refractivity contribution < 1.29 is 9.53 Å². The molecule has 5 rings (SSSR count). The number of aliphatic imine (C=N–C) groups is 2. The highest BCUT2D eigenvalue weighted by Crippen LogP contribution is 2.47. The Morgan fingerprint density at radius 3 is 2.70 bits per heavy atom. The highest BCUT2D eigenvalue weighted by molar-refractivity contribution is 6.38. The summed E-state index contributed by atoms with van der Waals surface area (Å²) < 4.78 is 7.66. The van der Waals surface area contributed by atoms with Crippen LogP contribution in [0.5, 0.6) is 0 Å². The fraction of sp³-hybridized carbons (Fsp3) is 0.348. The van der Waals surface area contributed by atoms with E-state index in [-0.39, 0.29) is 16.4 Å². The minimum absolute atomic E-state index is 0.0546. The minimum atomic E-state index is -0.696. The van der Waals surface area contributed by atoms with Gasteiger partial charge in [0.05, 0.1) is 18.1 Å². The number of carbonyl (C=O) groups is 1. The van der Waals surface area contributed by atoms with Crippen LogP contribution in [0.25, 0.3) is 0 Å². The third kappa shape index (κ3) is 3.17. The van der Waals surface area contributed by atoms with Gasteiger partial charge in [-0.05, 0) is 29.1 Å². The molecule has 1 aromatic carbocycles. The summed E-state index contributed by atoms with van der Waals surface area (Å²) in [6.45, 7) is 8.30. The third-order valence-corrected chi connectivity index (χ3v) is 6.38. The summed E-state index contributed by atoms with van der Waals surface area (Å²) in [5, 5.41) is 15.2. The van der Waals surface area contributed by atoms with Crippen LogP contribution in [0, 0.1) is 11.8 Å². The molecule has 2 N–H and O–H groups in total. The average Bonchev–Trinajstić information content (AvgIpc) is 3.36. The van der Waals surface area contributed by atoms with E-state index in [1.807, 2.05) is 37.6 Å². The first-order valence-corrected chi connectivity index (χ1v) is 10.9. The van der Waals surface area contributed by atoms with Crippen LogP contribution in [0.15, 0.2) is 58.1 Å². The standard InChI is InChI=1S/C23H26N8O2/c1-14(2)23(15(3)4)18-7-6-16(10-19(18)27-22(32)33-23)26-21-28-20-12-24-8-9-31(20,29-21)17-11-25-30(5)13-17/h6-15H,1-5H3,(H-,26,27,29,32)/p+1. The normalized spacial score (nSPS) is 22.5. The number of aromatic nitrogens is 2. The van der Waals surface area contributed by atoms with Crippen molar-refractivity contribution in [1.29, 1.82) is 0 Å². The van der Waals surface area contributed by atoms with Crippen LogP contribution in [0.2, 0.25) is 0 Å². The highest BCUT2D eigenvalue weighted by atomic mass is 16.6. The van der Waals surface area contributed by atoms with Gasteiger partial charge in [-0.15, -0.1) is 0 Å². The van der Waals surface area contributed by atoms with Gasteiger partial charge >= 0.3 is 6.09 Å². The second-order valence-electron chi connectivity index (χ2n) is 9.03. The molecule has 3 aliphatic heterocycles. The van der Waals surface area contributed by atoms with E-state index in [0.29, 0.717) is 11.8 Å². The Balaban J connectivity index is 1.51. The van der Waals surface area contributed by atoms with Crippen molar-refractivity contribution in [2.24, 2.45) is 34.0 Å². The van der Waals surface area contributed by atoms with Crippen molar-refractivity contribution in [3.8, 4) is 0 Å². The monoisotopic (exact) mass is 447 g/mol. The lowest BCUT2D eigenvalue weighted by Gasteiger charge is -2.44. The number of anilines is 2. The van der Waals surface area contributed by atoms with Gasteiger partial charge in [0.1, 0.15) is 18.0 Å². The molecule has 0 saturated heterocycles. The quantitative estimate of drug-likeness (QED) is 0.687. The number of fused-ring (bicyclic) bond motifs is 2. The van der Waals surface area contributed by atoms with Crippen LogP contribution < -0.4 is 15.2 Å². The molecule has 0 aliphatic carbocycles. The first-order chi connectivity index (χ1) is 15.7. The molecule has 0 saturated carbocycles. The Kier molecular flexibility index (Phi) is 4.71. The largest absolute Gasteiger partial charge is 0.437 e. The molecular weight excluding hydrogens is 420 g/mol. The van der Waals surface area contributed by atoms with Crippen molar-refractivity contribution in [2.75, 3.05) is 10.6 Å². The van der Waals surface area contributed by atoms with Crippen LogP contribution >= 0.6 is 0 Å². The number of aryl methyl sites for hydroxylation is 1. The topological polar surface area (TPSA) is 105 Å². The average molecular weight is 448 g/mol. The van der Waals surface area contributed by atoms with Crippen LogP contribution in [0.4, 0.5) is 21.9 Å². The van der Waals surface area contributed by atoms with E-state index >= 15 is 0 Å². The molecule has 10 heteroatoms. The Morgan fingerprint density at radius 1 is 1.21 bits per heavy atom. The van der Waals surface area contributed by atoms with E-state index in [4.69, 9.17) is 9.84 Å². The summed E-state index contributed by atoms with van der Waals surface area (Å²) in [7, 11) is 1.86. The number of ether oxygens (including phenoxy) is 1. The molecule has 0 bridgehead atoms. The summed E-state index contributed by atoms with van der Waals surface area (Å²) in [5.41, 5.74) is 2.59. The Morgan fingerprint density at radius 2 is 2.00 bits per heavy atom. The van der Waals surface area contributed by atoms with Crippen LogP contribution in [0.3, 0.4) is 0 Å². The molecule has 1 unspecified atom stereocenters. The second kappa shape index (κ2) is 7.38. The summed E-state index contributed by atoms with van der Waals surface area (Å²) in [5.74, 6) is 1.31. The zero-order valence-electron chi connectivity index (χ0n) is 19.3. The van der Waals surface area contributed by atoms with Gasteiger partial charge < -0.3 is 10.1 Å². The third-order valence-electron chi connectivity index (χ3n) is 6.38. The Hall–Kier alpha value is -3.79. The SMILES string of the molecule is CC(C)C1(C(C)C)OC(=O)Nc2cc(NC3=N[N+]4(c5cnn(C)c5)C=CN=CC4=N3)ccc21. The fourth-order valence-corrected chi connectivity index (χ4v) is 4.86. The van der Waals surface area contributed by atoms with Crippen molar-refractivity contribution >= 4 is 41.2 Å². The van der Waals surface area contributed by atoms with Gasteiger partial charge in [0, 0.05) is 18.3 Å². The van der Waals surface area contributed by atoms with Crippen LogP contribution in [-0.2, 0) is 17.4 Å². The van der Waals surface area contributed by atoms with Crippen molar-refractivity contribution in [3.05, 3.63) is 48.6 Å². The van der Waals surface area contributed by atoms with Crippen molar-refractivity contribution in [2.45, 2.75) is 33.3 Å². The summed E-state index contributed by atoms with van der Waals surface area (Å²) >= 11 is 0. The smallest absolute Gasteiger partial charge is 0.412 e. The number of benzene rings is 1. The molecule has 10 nitrogen and oxygen atoms in total. The number of guanidine groups is 1. The molecule has 170 valence electrons. The van der Waals surface area contributed by atoms with E-state index in [0.717, 1.165) is 22.6 Å². The number of rotatable bonds is 4. The number of amidine groups is 1. The minimum Gasteiger partial charge on any atom is -0.437 e. The Labute approximate surface area is 191 Å². The molecule has 1 amide bonds. The summed E-state index contributed by atoms with van der Waals surface area (Å²) in [6, 6.07) is 5.85. The molecule has 1 atom stereocenters. The van der Waals surface area contributed by atoms with Crippen molar-refractivity contribution in [1.82, 2.24) is 14.4 Å². The molecule has 0 fully saturated rings. The molecule has 1 aromatic heterocycles. The lowest BCUT2D eigenvalue weighted by molar-refractivity contribution is -0.0629. The predicted octanol–water partition coefficient (Wildman–Crippen LogP) is 4.15. The number of quaternary nitrogens is 1. The van der Waals surface area contributed by atoms with Gasteiger partial charge in [-0.25, -0.2) is 4.79 Å². The zero-order chi connectivity index (χ0) is 23.4. The van der Waals surface area contributed by atoms with E-state index in [2.05, 4.69) is 53.4 Å². The summed E-state index contributed by atoms with van der Waals surface area (Å²) in [6.07, 6.45) is 8.46. The van der Waals surface area contributed by atoms with E-state index in [9.17, 15) is 4.79 Å². The van der Waals surface area contributed by atoms with E-state index in [1.54, 1.807) is 23.3 Å². The maximum Gasteiger partial charge on any atom is 0.412 e. The van der Waals surface area contributed by atoms with E-state index in [1.165, 1.54) is 0 Å². The van der Waals surface area contributed by atoms with Gasteiger partial charge in [0.15, 0.2) is 6.20 Å². The first kappa shape index (κ1) is 21.1. The predicted molar refractivity (Wildman–Crippen MR) is 129 cm³/mol. The number of cyclic esters (lactones) is 1. The number of hydrogen-bond donors (Lipinski definition) is 2. The van der Waals surface area contributed by atoms with Gasteiger partial charge in [-0.1, -0.05) is 38.4 Å². The number of nitrogens with zero attached hydrogens (tertiary/aromatic N) is 6. The maximum absolute atomic E-state index is 12.4. The summed E-state index contributed by atoms with van der Waals surface area (Å²) in [4.78, 5) is 21.3. The first-order valence-electron chi connectivity index (χ1n) is 10.9. The molecule has 3 aliphatic rings. The van der Waals surface area contributed by atoms with Crippen LogP contribution in [0.1, 0.15) is 33.3 Å². The zero-order valence-corrected chi connectivity index (χ0v) is 19.3. The maximum atomic E-state index is 12.4. The number of amides is 1. The Bertz CT molecular complexity index is 1240. The number of nitrogens with one attached hydrogen (secondary N) is 2. The lowest BCUT2D eigenvalue weighted by atomic mass is 9.73. The molecule has 2 aromatic rings. The fourth-order valence-electron chi connectivity index (χ4n) is 4.86. The molecule has 4 heterocycles. The van der Waals surface area contributed by atoms with Gasteiger partial charge in [-0.3, -0.25) is 15.0 Å². The molecular formula is C23H27N8O2+. The number of carbonyl (C=O) groups excluding carboxylic acids is 1. The van der Waals surface area contributed by atoms with Crippen LogP contribution in [-0.4, -0.2) is 33.9 Å². The molecule has 0 spiro atoms. The molecule has 0 radical (unpaired) electrons. The molecule has 33 heavy (non-hydrogen) atoms. The van der Waals surface area contributed by atoms with Gasteiger partial charge in [0.25, 0.3) is 11.8 Å². The number of hydrogen-bond acceptors (Lipinski definition) is 7. The second-order valence-corrected chi connectivity index (χ2v) is 9.03.